The Balaban J connectivity index is 2.38. The van der Waals surface area contributed by atoms with Crippen molar-refractivity contribution in [3.05, 3.63) is 34.5 Å². The summed E-state index contributed by atoms with van der Waals surface area (Å²) in [4.78, 5) is 14.5. The number of nitrogens with zero attached hydrogens (tertiary/aromatic N) is 1. The van der Waals surface area contributed by atoms with Gasteiger partial charge in [-0.15, -0.1) is 11.3 Å². The predicted molar refractivity (Wildman–Crippen MR) is 79.8 cm³/mol. The average Bonchev–Trinajstić information content (AvgIpc) is 2.64. The van der Waals surface area contributed by atoms with E-state index in [1.807, 2.05) is 6.92 Å². The Morgan fingerprint density at radius 2 is 2.10 bits per heavy atom. The number of halogens is 1. The first-order chi connectivity index (χ1) is 9.19. The largest absolute Gasteiger partial charge is 0.389 e. The molecule has 0 saturated carbocycles. The van der Waals surface area contributed by atoms with E-state index in [9.17, 15) is 14.3 Å². The lowest BCUT2D eigenvalue weighted by Gasteiger charge is -2.25. The standard InChI is InChI=1S/C15H18FNO2S/c1-9-11-7-10(16)5-6-12(11)20-13(9)14(18)17(4)8-15(2,3)19/h5-7,19H,8H2,1-4H3. The molecule has 0 aliphatic carbocycles. The maximum absolute atomic E-state index is 13.3. The summed E-state index contributed by atoms with van der Waals surface area (Å²) in [5.74, 6) is -0.450. The van der Waals surface area contributed by atoms with Crippen LogP contribution in [0.15, 0.2) is 18.2 Å². The van der Waals surface area contributed by atoms with Crippen LogP contribution in [-0.4, -0.2) is 35.1 Å². The van der Waals surface area contributed by atoms with Gasteiger partial charge in [0.15, 0.2) is 0 Å². The molecule has 3 nitrogen and oxygen atoms in total. The Hall–Kier alpha value is -1.46. The van der Waals surface area contributed by atoms with Gasteiger partial charge in [0.1, 0.15) is 5.82 Å². The quantitative estimate of drug-likeness (QED) is 0.944. The lowest BCUT2D eigenvalue weighted by atomic mass is 10.1. The maximum Gasteiger partial charge on any atom is 0.264 e. The second kappa shape index (κ2) is 5.14. The summed E-state index contributed by atoms with van der Waals surface area (Å²) in [6.45, 7) is 5.38. The van der Waals surface area contributed by atoms with Crippen molar-refractivity contribution >= 4 is 27.3 Å². The molecule has 1 N–H and O–H groups in total. The third-order valence-electron chi connectivity index (χ3n) is 3.06. The minimum atomic E-state index is -0.943. The molecule has 2 rings (SSSR count). The summed E-state index contributed by atoms with van der Waals surface area (Å²) < 4.78 is 14.2. The number of thiophene rings is 1. The fourth-order valence-electron chi connectivity index (χ4n) is 2.22. The number of hydrogen-bond acceptors (Lipinski definition) is 3. The van der Waals surface area contributed by atoms with E-state index in [0.29, 0.717) is 4.88 Å². The van der Waals surface area contributed by atoms with Gasteiger partial charge < -0.3 is 10.0 Å². The number of fused-ring (bicyclic) bond motifs is 1. The van der Waals surface area contributed by atoms with E-state index >= 15 is 0 Å². The van der Waals surface area contributed by atoms with Gasteiger partial charge in [-0.2, -0.15) is 0 Å². The summed E-state index contributed by atoms with van der Waals surface area (Å²) in [5, 5.41) is 10.6. The molecular formula is C15H18FNO2S. The van der Waals surface area contributed by atoms with Crippen LogP contribution in [-0.2, 0) is 0 Å². The molecular weight excluding hydrogens is 277 g/mol. The fraction of sp³-hybridized carbons (Fsp3) is 0.400. The molecule has 5 heteroatoms. The number of hydrogen-bond donors (Lipinski definition) is 1. The van der Waals surface area contributed by atoms with Crippen molar-refractivity contribution in [3.8, 4) is 0 Å². The van der Waals surface area contributed by atoms with E-state index in [4.69, 9.17) is 0 Å². The van der Waals surface area contributed by atoms with Crippen molar-refractivity contribution in [1.29, 1.82) is 0 Å². The molecule has 0 aliphatic rings. The summed E-state index contributed by atoms with van der Waals surface area (Å²) in [5.41, 5.74) is -0.154. The number of benzene rings is 1. The van der Waals surface area contributed by atoms with Crippen LogP contribution in [0.1, 0.15) is 29.1 Å². The molecule has 1 aromatic heterocycles. The normalized spacial score (nSPS) is 11.9. The summed E-state index contributed by atoms with van der Waals surface area (Å²) in [6, 6.07) is 4.54. The first-order valence-electron chi connectivity index (χ1n) is 6.35. The maximum atomic E-state index is 13.3. The highest BCUT2D eigenvalue weighted by molar-refractivity contribution is 7.21. The zero-order valence-electron chi connectivity index (χ0n) is 12.0. The lowest BCUT2D eigenvalue weighted by molar-refractivity contribution is 0.0370. The molecule has 0 radical (unpaired) electrons. The van der Waals surface area contributed by atoms with Gasteiger partial charge in [0.25, 0.3) is 5.91 Å². The minimum Gasteiger partial charge on any atom is -0.389 e. The molecule has 0 aliphatic heterocycles. The number of aliphatic hydroxyl groups is 1. The van der Waals surface area contributed by atoms with E-state index < -0.39 is 5.60 Å². The Labute approximate surface area is 121 Å². The molecule has 108 valence electrons. The second-order valence-electron chi connectivity index (χ2n) is 5.67. The zero-order valence-corrected chi connectivity index (χ0v) is 12.8. The third-order valence-corrected chi connectivity index (χ3v) is 4.32. The highest BCUT2D eigenvalue weighted by Gasteiger charge is 2.23. The third kappa shape index (κ3) is 2.99. The van der Waals surface area contributed by atoms with E-state index in [0.717, 1.165) is 15.6 Å². The van der Waals surface area contributed by atoms with Gasteiger partial charge in [-0.1, -0.05) is 0 Å². The van der Waals surface area contributed by atoms with Crippen LogP contribution in [0.25, 0.3) is 10.1 Å². The fourth-order valence-corrected chi connectivity index (χ4v) is 3.41. The van der Waals surface area contributed by atoms with Crippen LogP contribution in [0.3, 0.4) is 0 Å². The monoisotopic (exact) mass is 295 g/mol. The SMILES string of the molecule is Cc1c(C(=O)N(C)CC(C)(C)O)sc2ccc(F)cc12. The first kappa shape index (κ1) is 14.9. The van der Waals surface area contributed by atoms with E-state index in [-0.39, 0.29) is 18.3 Å². The molecule has 2 aromatic rings. The summed E-state index contributed by atoms with van der Waals surface area (Å²) in [7, 11) is 1.66. The van der Waals surface area contributed by atoms with Crippen LogP contribution in [0, 0.1) is 12.7 Å². The Kier molecular flexibility index (Phi) is 3.84. The summed E-state index contributed by atoms with van der Waals surface area (Å²) >= 11 is 1.36. The molecule has 0 bridgehead atoms. The predicted octanol–water partition coefficient (Wildman–Crippen LogP) is 3.19. The topological polar surface area (TPSA) is 40.5 Å². The first-order valence-corrected chi connectivity index (χ1v) is 7.17. The van der Waals surface area contributed by atoms with E-state index in [1.165, 1.54) is 28.4 Å². The molecule has 0 atom stereocenters. The van der Waals surface area contributed by atoms with Crippen molar-refractivity contribution in [2.24, 2.45) is 0 Å². The van der Waals surface area contributed by atoms with Crippen LogP contribution >= 0.6 is 11.3 Å². The molecule has 0 saturated heterocycles. The molecule has 1 amide bonds. The van der Waals surface area contributed by atoms with Gasteiger partial charge in [0.05, 0.1) is 10.5 Å². The molecule has 0 unspecified atom stereocenters. The lowest BCUT2D eigenvalue weighted by Crippen LogP contribution is -2.39. The van der Waals surface area contributed by atoms with Gasteiger partial charge in [0.2, 0.25) is 0 Å². The van der Waals surface area contributed by atoms with Crippen LogP contribution in [0.5, 0.6) is 0 Å². The Morgan fingerprint density at radius 3 is 2.70 bits per heavy atom. The van der Waals surface area contributed by atoms with E-state index in [1.54, 1.807) is 27.0 Å². The van der Waals surface area contributed by atoms with Crippen molar-refractivity contribution in [3.63, 3.8) is 0 Å². The highest BCUT2D eigenvalue weighted by Crippen LogP contribution is 2.32. The van der Waals surface area contributed by atoms with Crippen molar-refractivity contribution < 1.29 is 14.3 Å². The van der Waals surface area contributed by atoms with Crippen LogP contribution in [0.2, 0.25) is 0 Å². The number of likely N-dealkylation sites (N-methyl/N-ethyl adjacent to an activating group) is 1. The van der Waals surface area contributed by atoms with Gasteiger partial charge in [-0.25, -0.2) is 4.39 Å². The number of aryl methyl sites for hydroxylation is 1. The molecule has 20 heavy (non-hydrogen) atoms. The number of amides is 1. The Bertz CT molecular complexity index is 658. The molecule has 1 heterocycles. The number of carbonyl (C=O) groups is 1. The minimum absolute atomic E-state index is 0.147. The number of carbonyl (C=O) groups excluding carboxylic acids is 1. The Morgan fingerprint density at radius 1 is 1.45 bits per heavy atom. The molecule has 0 fully saturated rings. The summed E-state index contributed by atoms with van der Waals surface area (Å²) in [6.07, 6.45) is 0. The van der Waals surface area contributed by atoms with Gasteiger partial charge in [-0.05, 0) is 49.9 Å². The van der Waals surface area contributed by atoms with E-state index in [2.05, 4.69) is 0 Å². The average molecular weight is 295 g/mol. The van der Waals surface area contributed by atoms with Crippen molar-refractivity contribution in [2.75, 3.05) is 13.6 Å². The van der Waals surface area contributed by atoms with Gasteiger partial charge in [-0.3, -0.25) is 4.79 Å². The van der Waals surface area contributed by atoms with Crippen LogP contribution in [0.4, 0.5) is 4.39 Å². The van der Waals surface area contributed by atoms with Crippen molar-refractivity contribution in [2.45, 2.75) is 26.4 Å². The smallest absolute Gasteiger partial charge is 0.264 e. The van der Waals surface area contributed by atoms with Crippen molar-refractivity contribution in [1.82, 2.24) is 4.90 Å². The van der Waals surface area contributed by atoms with Gasteiger partial charge >= 0.3 is 0 Å². The van der Waals surface area contributed by atoms with Gasteiger partial charge in [0, 0.05) is 18.3 Å². The molecule has 1 aromatic carbocycles. The molecule has 0 spiro atoms. The highest BCUT2D eigenvalue weighted by atomic mass is 32.1. The zero-order chi connectivity index (χ0) is 15.1. The number of rotatable bonds is 3. The second-order valence-corrected chi connectivity index (χ2v) is 6.72. The van der Waals surface area contributed by atoms with Crippen LogP contribution < -0.4 is 0 Å².